The summed E-state index contributed by atoms with van der Waals surface area (Å²) in [4.78, 5) is 34.7. The fraction of sp³-hybridized carbons (Fsp3) is 0.854. The Bertz CT molecular complexity index is 875. The van der Waals surface area contributed by atoms with E-state index >= 15 is 0 Å². The molecule has 0 heterocycles. The van der Waals surface area contributed by atoms with Crippen LogP contribution in [0, 0.1) is 0 Å². The first-order chi connectivity index (χ1) is 24.3. The van der Waals surface area contributed by atoms with Gasteiger partial charge in [0, 0.05) is 12.8 Å². The molecule has 294 valence electrons. The van der Waals surface area contributed by atoms with E-state index in [1.165, 1.54) is 89.9 Å². The molecule has 0 aliphatic carbocycles. The van der Waals surface area contributed by atoms with Crippen LogP contribution in [0.4, 0.5) is 0 Å². The van der Waals surface area contributed by atoms with E-state index in [0.29, 0.717) is 6.42 Å². The highest BCUT2D eigenvalue weighted by Crippen LogP contribution is 2.41. The topological polar surface area (TPSA) is 119 Å². The van der Waals surface area contributed by atoms with Gasteiger partial charge >= 0.3 is 19.5 Å². The van der Waals surface area contributed by atoms with Crippen LogP contribution in [0.25, 0.3) is 0 Å². The standard InChI is InChI=1S/C41H77O8P/c1-3-5-7-9-11-13-15-17-19-21-23-25-27-29-31-33-40(43)47-37-39(38-48-50(45,46)36-35-42)49-41(44)34-32-30-28-26-24-22-20-18-16-14-12-10-8-6-4-2/h17-20,39,42H,3-16,21-38H2,1-2H3,(H,45,46)/t39-/m1/s1. The molecule has 2 atom stereocenters. The molecule has 0 bridgehead atoms. The van der Waals surface area contributed by atoms with E-state index in [2.05, 4.69) is 38.2 Å². The van der Waals surface area contributed by atoms with Crippen LogP contribution >= 0.6 is 7.60 Å². The van der Waals surface area contributed by atoms with Gasteiger partial charge < -0.3 is 24.0 Å². The second-order valence-electron chi connectivity index (χ2n) is 13.8. The zero-order valence-corrected chi connectivity index (χ0v) is 33.2. The lowest BCUT2D eigenvalue weighted by Crippen LogP contribution is -2.29. The molecular weight excluding hydrogens is 651 g/mol. The summed E-state index contributed by atoms with van der Waals surface area (Å²) in [6.07, 6.45) is 38.8. The highest BCUT2D eigenvalue weighted by atomic mass is 31.2. The van der Waals surface area contributed by atoms with Crippen molar-refractivity contribution in [3.05, 3.63) is 24.3 Å². The second kappa shape index (κ2) is 37.3. The summed E-state index contributed by atoms with van der Waals surface area (Å²) in [5.41, 5.74) is 0. The normalized spacial score (nSPS) is 13.6. The van der Waals surface area contributed by atoms with E-state index in [1.807, 2.05) is 0 Å². The van der Waals surface area contributed by atoms with Crippen molar-refractivity contribution < 1.29 is 38.2 Å². The van der Waals surface area contributed by atoms with Crippen molar-refractivity contribution in [2.24, 2.45) is 0 Å². The molecule has 0 aromatic carbocycles. The van der Waals surface area contributed by atoms with Gasteiger partial charge in [0.1, 0.15) is 6.61 Å². The largest absolute Gasteiger partial charge is 0.462 e. The average molecular weight is 729 g/mol. The predicted octanol–water partition coefficient (Wildman–Crippen LogP) is 11.7. The van der Waals surface area contributed by atoms with Crippen molar-refractivity contribution in [1.29, 1.82) is 0 Å². The third-order valence-corrected chi connectivity index (χ3v) is 10.2. The Kier molecular flexibility index (Phi) is 36.2. The van der Waals surface area contributed by atoms with Crippen molar-refractivity contribution in [2.75, 3.05) is 26.0 Å². The minimum Gasteiger partial charge on any atom is -0.462 e. The van der Waals surface area contributed by atoms with Crippen LogP contribution in [0.3, 0.4) is 0 Å². The van der Waals surface area contributed by atoms with Gasteiger partial charge in [0.2, 0.25) is 0 Å². The van der Waals surface area contributed by atoms with Gasteiger partial charge in [-0.25, -0.2) is 0 Å². The third kappa shape index (κ3) is 36.3. The lowest BCUT2D eigenvalue weighted by atomic mass is 10.1. The fourth-order valence-corrected chi connectivity index (χ4v) is 6.47. The quantitative estimate of drug-likeness (QED) is 0.0279. The number of esters is 2. The molecule has 0 radical (unpaired) electrons. The van der Waals surface area contributed by atoms with Crippen LogP contribution in [0.15, 0.2) is 24.3 Å². The zero-order valence-electron chi connectivity index (χ0n) is 32.3. The number of aliphatic hydroxyl groups is 1. The van der Waals surface area contributed by atoms with Gasteiger partial charge in [-0.1, -0.05) is 141 Å². The highest BCUT2D eigenvalue weighted by Gasteiger charge is 2.24. The molecule has 0 aliphatic rings. The van der Waals surface area contributed by atoms with Gasteiger partial charge in [-0.2, -0.15) is 0 Å². The molecule has 8 nitrogen and oxygen atoms in total. The number of rotatable bonds is 38. The summed E-state index contributed by atoms with van der Waals surface area (Å²) in [6.45, 7) is 3.37. The summed E-state index contributed by atoms with van der Waals surface area (Å²) < 4.78 is 27.9. The number of unbranched alkanes of at least 4 members (excludes halogenated alkanes) is 22. The van der Waals surface area contributed by atoms with Crippen molar-refractivity contribution in [3.8, 4) is 0 Å². The molecule has 0 aromatic rings. The Labute approximate surface area is 307 Å². The van der Waals surface area contributed by atoms with Crippen molar-refractivity contribution in [1.82, 2.24) is 0 Å². The van der Waals surface area contributed by atoms with Gasteiger partial charge in [-0.3, -0.25) is 14.2 Å². The molecule has 0 spiro atoms. The van der Waals surface area contributed by atoms with E-state index in [-0.39, 0.29) is 32.0 Å². The van der Waals surface area contributed by atoms with E-state index in [0.717, 1.165) is 70.6 Å². The summed E-state index contributed by atoms with van der Waals surface area (Å²) in [5, 5.41) is 9.01. The lowest BCUT2D eigenvalue weighted by molar-refractivity contribution is -0.161. The van der Waals surface area contributed by atoms with Crippen molar-refractivity contribution in [3.63, 3.8) is 0 Å². The monoisotopic (exact) mass is 729 g/mol. The van der Waals surface area contributed by atoms with E-state index in [4.69, 9.17) is 19.1 Å². The summed E-state index contributed by atoms with van der Waals surface area (Å²) in [6, 6.07) is 0. The van der Waals surface area contributed by atoms with Crippen LogP contribution < -0.4 is 0 Å². The zero-order chi connectivity index (χ0) is 36.8. The molecule has 0 aromatic heterocycles. The molecule has 50 heavy (non-hydrogen) atoms. The number of ether oxygens (including phenoxy) is 2. The highest BCUT2D eigenvalue weighted by molar-refractivity contribution is 7.52. The molecule has 0 saturated heterocycles. The first kappa shape index (κ1) is 48.5. The Balaban J connectivity index is 4.13. The minimum atomic E-state index is -4.03. The van der Waals surface area contributed by atoms with Gasteiger partial charge in [0.15, 0.2) is 6.10 Å². The van der Waals surface area contributed by atoms with Crippen molar-refractivity contribution >= 4 is 19.5 Å². The Morgan fingerprint density at radius 2 is 0.940 bits per heavy atom. The van der Waals surface area contributed by atoms with E-state index in [9.17, 15) is 19.0 Å². The second-order valence-corrected chi connectivity index (χ2v) is 15.8. The Hall–Kier alpha value is -1.47. The number of hydrogen-bond acceptors (Lipinski definition) is 7. The minimum absolute atomic E-state index is 0.227. The van der Waals surface area contributed by atoms with Crippen molar-refractivity contribution in [2.45, 2.75) is 200 Å². The number of carbonyl (C=O) groups is 2. The molecule has 0 saturated carbocycles. The van der Waals surface area contributed by atoms with Gasteiger partial charge in [-0.05, 0) is 64.2 Å². The van der Waals surface area contributed by atoms with Crippen LogP contribution in [0.1, 0.15) is 194 Å². The summed E-state index contributed by atoms with van der Waals surface area (Å²) in [7, 11) is -4.03. The molecule has 0 amide bonds. The van der Waals surface area contributed by atoms with E-state index in [1.54, 1.807) is 0 Å². The molecule has 9 heteroatoms. The molecule has 1 unspecified atom stereocenters. The number of carbonyl (C=O) groups excluding carboxylic acids is 2. The SMILES string of the molecule is CCCCCCCCC=CCCCCCCCC(=O)OC[C@H](COP(=O)(O)CCO)OC(=O)CCCCCCCC=CCCCCCCCC. The van der Waals surface area contributed by atoms with Crippen LogP contribution in [0.2, 0.25) is 0 Å². The first-order valence-electron chi connectivity index (χ1n) is 20.6. The maximum atomic E-state index is 12.5. The van der Waals surface area contributed by atoms with E-state index < -0.39 is 32.4 Å². The maximum Gasteiger partial charge on any atom is 0.330 e. The molecule has 0 aliphatic heterocycles. The fourth-order valence-electron chi connectivity index (χ4n) is 5.69. The molecule has 0 rings (SSSR count). The molecular formula is C41H77O8P. The first-order valence-corrected chi connectivity index (χ1v) is 22.3. The number of allylic oxidation sites excluding steroid dienone is 4. The smallest absolute Gasteiger partial charge is 0.330 e. The summed E-state index contributed by atoms with van der Waals surface area (Å²) >= 11 is 0. The predicted molar refractivity (Wildman–Crippen MR) is 207 cm³/mol. The van der Waals surface area contributed by atoms with Gasteiger partial charge in [0.25, 0.3) is 0 Å². The lowest BCUT2D eigenvalue weighted by Gasteiger charge is -2.20. The van der Waals surface area contributed by atoms with Gasteiger partial charge in [0.05, 0.1) is 19.4 Å². The van der Waals surface area contributed by atoms with Crippen LogP contribution in [-0.4, -0.2) is 54.0 Å². The third-order valence-electron chi connectivity index (χ3n) is 8.86. The molecule has 2 N–H and O–H groups in total. The van der Waals surface area contributed by atoms with Gasteiger partial charge in [-0.15, -0.1) is 0 Å². The average Bonchev–Trinajstić information content (AvgIpc) is 3.09. The summed E-state index contributed by atoms with van der Waals surface area (Å²) in [5.74, 6) is -0.831. The maximum absolute atomic E-state index is 12.5. The molecule has 0 fully saturated rings. The van der Waals surface area contributed by atoms with Crippen LogP contribution in [-0.2, 0) is 28.2 Å². The van der Waals surface area contributed by atoms with Crippen LogP contribution in [0.5, 0.6) is 0 Å². The number of aliphatic hydroxyl groups excluding tert-OH is 1. The number of hydrogen-bond donors (Lipinski definition) is 2. The Morgan fingerprint density at radius 3 is 1.36 bits per heavy atom. The Morgan fingerprint density at radius 1 is 0.560 bits per heavy atom.